The molecule has 1 amide bonds. The average molecular weight is 469 g/mol. The lowest BCUT2D eigenvalue weighted by atomic mass is 9.97. The highest BCUT2D eigenvalue weighted by Crippen LogP contribution is 2.40. The number of anilines is 1. The highest BCUT2D eigenvalue weighted by molar-refractivity contribution is 7.89. The van der Waals surface area contributed by atoms with Gasteiger partial charge in [0.1, 0.15) is 5.75 Å². The predicted molar refractivity (Wildman–Crippen MR) is 120 cm³/mol. The number of hydrogen-bond acceptors (Lipinski definition) is 5. The Balaban J connectivity index is 1.62. The number of nitrogens with two attached hydrogens (primary N) is 1. The van der Waals surface area contributed by atoms with Crippen LogP contribution >= 0.6 is 11.6 Å². The number of ether oxygens (including phenoxy) is 1. The lowest BCUT2D eigenvalue weighted by Gasteiger charge is -2.19. The molecule has 2 N–H and O–H groups in total. The molecule has 0 aliphatic carbocycles. The van der Waals surface area contributed by atoms with Crippen LogP contribution in [0.2, 0.25) is 5.02 Å². The predicted octanol–water partition coefficient (Wildman–Crippen LogP) is 4.25. The number of halogens is 1. The van der Waals surface area contributed by atoms with E-state index in [1.165, 1.54) is 18.3 Å². The second-order valence-electron chi connectivity index (χ2n) is 7.17. The van der Waals surface area contributed by atoms with E-state index in [4.69, 9.17) is 28.0 Å². The van der Waals surface area contributed by atoms with Gasteiger partial charge in [0.25, 0.3) is 0 Å². The zero-order valence-electron chi connectivity index (χ0n) is 16.6. The Kier molecular flexibility index (Phi) is 5.84. The van der Waals surface area contributed by atoms with Crippen molar-refractivity contribution in [3.8, 4) is 11.6 Å². The van der Waals surface area contributed by atoms with Gasteiger partial charge >= 0.3 is 0 Å². The number of benzene rings is 2. The molecular formula is C22H17ClN4O4S. The molecule has 1 saturated heterocycles. The number of carbonyl (C=O) groups excluding carboxylic acids is 1. The minimum Gasteiger partial charge on any atom is -0.449 e. The van der Waals surface area contributed by atoms with Crippen LogP contribution in [-0.4, -0.2) is 25.9 Å². The first-order valence-corrected chi connectivity index (χ1v) is 11.4. The molecule has 32 heavy (non-hydrogen) atoms. The molecule has 2 aromatic carbocycles. The maximum atomic E-state index is 12.7. The minimum absolute atomic E-state index is 0.0243. The molecule has 162 valence electrons. The minimum atomic E-state index is -3.82. The topological polar surface area (TPSA) is 107 Å². The third-order valence-corrected chi connectivity index (χ3v) is 6.26. The van der Waals surface area contributed by atoms with Gasteiger partial charge in [0.15, 0.2) is 0 Å². The number of nitrogens with zero attached hydrogens (tertiary/aromatic N) is 3. The molecule has 0 bridgehead atoms. The first-order chi connectivity index (χ1) is 15.3. The van der Waals surface area contributed by atoms with Crippen molar-refractivity contribution >= 4 is 38.9 Å². The zero-order valence-corrected chi connectivity index (χ0v) is 18.2. The van der Waals surface area contributed by atoms with Crippen molar-refractivity contribution in [2.24, 2.45) is 5.14 Å². The van der Waals surface area contributed by atoms with Crippen molar-refractivity contribution < 1.29 is 17.9 Å². The van der Waals surface area contributed by atoms with E-state index >= 15 is 0 Å². The summed E-state index contributed by atoms with van der Waals surface area (Å²) in [4.78, 5) is 21.9. The largest absolute Gasteiger partial charge is 0.449 e. The standard InChI is InChI=1S/C22H17ClN4O4S/c1-25-19-3-2-10-26-22(19)31-20-12-15(23)4-9-18(20)14-11-21(28)27(13-14)16-5-7-17(8-6-16)32(24,29)30/h2-10,12,14H,11,13H2,(H2,24,29,30)/t14-/m0/s1. The van der Waals surface area contributed by atoms with E-state index in [1.54, 1.807) is 47.4 Å². The molecule has 4 rings (SSSR count). The van der Waals surface area contributed by atoms with Gasteiger partial charge in [-0.25, -0.2) is 23.4 Å². The van der Waals surface area contributed by atoms with Crippen molar-refractivity contribution in [2.45, 2.75) is 17.2 Å². The lowest BCUT2D eigenvalue weighted by Crippen LogP contribution is -2.24. The molecule has 2 heterocycles. The summed E-state index contributed by atoms with van der Waals surface area (Å²) in [6.45, 7) is 7.66. The number of carbonyl (C=O) groups is 1. The molecule has 1 aliphatic rings. The number of pyridine rings is 1. The van der Waals surface area contributed by atoms with Crippen LogP contribution in [0.3, 0.4) is 0 Å². The van der Waals surface area contributed by atoms with Gasteiger partial charge in [-0.1, -0.05) is 23.7 Å². The maximum absolute atomic E-state index is 12.7. The fourth-order valence-electron chi connectivity index (χ4n) is 3.57. The quantitative estimate of drug-likeness (QED) is 0.563. The zero-order chi connectivity index (χ0) is 22.9. The molecule has 0 spiro atoms. The first kappa shape index (κ1) is 21.8. The van der Waals surface area contributed by atoms with E-state index in [0.717, 1.165) is 5.56 Å². The molecule has 3 aromatic rings. The van der Waals surface area contributed by atoms with Crippen LogP contribution in [0.15, 0.2) is 65.7 Å². The molecule has 0 radical (unpaired) electrons. The van der Waals surface area contributed by atoms with Gasteiger partial charge in [0.2, 0.25) is 27.5 Å². The van der Waals surface area contributed by atoms with Crippen LogP contribution in [0.4, 0.5) is 11.4 Å². The normalized spacial score (nSPS) is 16.1. The highest BCUT2D eigenvalue weighted by Gasteiger charge is 2.33. The second-order valence-corrected chi connectivity index (χ2v) is 9.17. The third kappa shape index (κ3) is 4.43. The molecule has 10 heteroatoms. The van der Waals surface area contributed by atoms with Gasteiger partial charge in [-0.05, 0) is 42.5 Å². The Bertz CT molecular complexity index is 1340. The number of aromatic nitrogens is 1. The van der Waals surface area contributed by atoms with Crippen LogP contribution in [0.1, 0.15) is 17.9 Å². The van der Waals surface area contributed by atoms with E-state index in [-0.39, 0.29) is 34.7 Å². The maximum Gasteiger partial charge on any atom is 0.247 e. The summed E-state index contributed by atoms with van der Waals surface area (Å²) in [5.74, 6) is 0.267. The van der Waals surface area contributed by atoms with Crippen LogP contribution in [0, 0.1) is 6.57 Å². The average Bonchev–Trinajstić information content (AvgIpc) is 3.15. The Hall–Kier alpha value is -3.45. The third-order valence-electron chi connectivity index (χ3n) is 5.10. The molecule has 1 atom stereocenters. The van der Waals surface area contributed by atoms with Gasteiger partial charge < -0.3 is 9.64 Å². The molecular weight excluding hydrogens is 452 g/mol. The van der Waals surface area contributed by atoms with Crippen molar-refractivity contribution in [1.82, 2.24) is 4.98 Å². The van der Waals surface area contributed by atoms with E-state index in [2.05, 4.69) is 9.83 Å². The Morgan fingerprint density at radius 1 is 1.19 bits per heavy atom. The van der Waals surface area contributed by atoms with Crippen LogP contribution in [-0.2, 0) is 14.8 Å². The van der Waals surface area contributed by atoms with Crippen molar-refractivity contribution in [3.05, 3.63) is 82.8 Å². The molecule has 0 unspecified atom stereocenters. The number of rotatable bonds is 5. The lowest BCUT2D eigenvalue weighted by molar-refractivity contribution is -0.117. The number of hydrogen-bond donors (Lipinski definition) is 1. The van der Waals surface area contributed by atoms with Crippen LogP contribution in [0.25, 0.3) is 4.85 Å². The highest BCUT2D eigenvalue weighted by atomic mass is 35.5. The van der Waals surface area contributed by atoms with Gasteiger partial charge in [-0.2, -0.15) is 0 Å². The van der Waals surface area contributed by atoms with E-state index in [9.17, 15) is 13.2 Å². The summed E-state index contributed by atoms with van der Waals surface area (Å²) >= 11 is 6.17. The van der Waals surface area contributed by atoms with Crippen molar-refractivity contribution in [2.75, 3.05) is 11.4 Å². The molecule has 8 nitrogen and oxygen atoms in total. The summed E-state index contributed by atoms with van der Waals surface area (Å²) in [6, 6.07) is 14.2. The van der Waals surface area contributed by atoms with E-state index in [1.807, 2.05) is 0 Å². The molecule has 1 aromatic heterocycles. The van der Waals surface area contributed by atoms with Gasteiger partial charge in [-0.15, -0.1) is 0 Å². The van der Waals surface area contributed by atoms with Crippen LogP contribution < -0.4 is 14.8 Å². The fraction of sp³-hybridized carbons (Fsp3) is 0.136. The van der Waals surface area contributed by atoms with Crippen molar-refractivity contribution in [1.29, 1.82) is 0 Å². The van der Waals surface area contributed by atoms with Gasteiger partial charge in [-0.3, -0.25) is 4.79 Å². The van der Waals surface area contributed by atoms with Gasteiger partial charge in [0, 0.05) is 41.4 Å². The monoisotopic (exact) mass is 468 g/mol. The summed E-state index contributed by atoms with van der Waals surface area (Å²) in [6.07, 6.45) is 1.76. The van der Waals surface area contributed by atoms with E-state index < -0.39 is 10.0 Å². The summed E-state index contributed by atoms with van der Waals surface area (Å²) < 4.78 is 28.9. The Morgan fingerprint density at radius 3 is 2.62 bits per heavy atom. The smallest absolute Gasteiger partial charge is 0.247 e. The number of sulfonamides is 1. The number of amides is 1. The Labute approximate surface area is 190 Å². The van der Waals surface area contributed by atoms with Crippen LogP contribution in [0.5, 0.6) is 11.6 Å². The fourth-order valence-corrected chi connectivity index (χ4v) is 4.24. The second kappa shape index (κ2) is 8.59. The first-order valence-electron chi connectivity index (χ1n) is 9.49. The summed E-state index contributed by atoms with van der Waals surface area (Å²) in [5, 5.41) is 5.59. The molecule has 1 fully saturated rings. The molecule has 0 saturated carbocycles. The van der Waals surface area contributed by atoms with E-state index in [0.29, 0.717) is 23.0 Å². The SMILES string of the molecule is [C-]#[N+]c1cccnc1Oc1cc(Cl)ccc1[C@H]1CC(=O)N(c2ccc(S(N)(=O)=O)cc2)C1. The number of primary sulfonamides is 1. The molecule has 1 aliphatic heterocycles. The van der Waals surface area contributed by atoms with Crippen molar-refractivity contribution in [3.63, 3.8) is 0 Å². The summed E-state index contributed by atoms with van der Waals surface area (Å²) in [7, 11) is -3.82. The summed E-state index contributed by atoms with van der Waals surface area (Å²) in [5.41, 5.74) is 1.59. The Morgan fingerprint density at radius 2 is 1.94 bits per heavy atom. The van der Waals surface area contributed by atoms with Gasteiger partial charge in [0.05, 0.1) is 11.5 Å².